The largest absolute Gasteiger partial charge is 0.490 e. The summed E-state index contributed by atoms with van der Waals surface area (Å²) < 4.78 is 11.2. The molecule has 0 saturated heterocycles. The van der Waals surface area contributed by atoms with Crippen molar-refractivity contribution in [2.75, 3.05) is 13.2 Å². The summed E-state index contributed by atoms with van der Waals surface area (Å²) >= 11 is 1.68. The van der Waals surface area contributed by atoms with E-state index in [1.54, 1.807) is 11.3 Å². The fraction of sp³-hybridized carbons (Fsp3) is 0.333. The molecule has 102 valence electrons. The topological polar surface area (TPSA) is 44.5 Å². The van der Waals surface area contributed by atoms with Crippen LogP contribution in [-0.4, -0.2) is 13.2 Å². The Kier molecular flexibility index (Phi) is 4.82. The van der Waals surface area contributed by atoms with Gasteiger partial charge >= 0.3 is 0 Å². The molecule has 2 aromatic rings. The Morgan fingerprint density at radius 2 is 1.74 bits per heavy atom. The second-order valence-corrected chi connectivity index (χ2v) is 5.03. The van der Waals surface area contributed by atoms with Crippen LogP contribution in [0.5, 0.6) is 11.5 Å². The van der Waals surface area contributed by atoms with Crippen LogP contribution in [-0.2, 0) is 6.54 Å². The summed E-state index contributed by atoms with van der Waals surface area (Å²) in [6.07, 6.45) is 0. The van der Waals surface area contributed by atoms with Crippen molar-refractivity contribution in [1.82, 2.24) is 0 Å². The molecule has 0 atom stereocenters. The van der Waals surface area contributed by atoms with E-state index in [-0.39, 0.29) is 0 Å². The van der Waals surface area contributed by atoms with Crippen LogP contribution in [0.3, 0.4) is 0 Å². The fourth-order valence-corrected chi connectivity index (χ4v) is 2.64. The predicted octanol–water partition coefficient (Wildman–Crippen LogP) is 3.67. The Morgan fingerprint density at radius 1 is 1.00 bits per heavy atom. The summed E-state index contributed by atoms with van der Waals surface area (Å²) in [6.45, 7) is 5.78. The molecule has 0 radical (unpaired) electrons. The highest BCUT2D eigenvalue weighted by Crippen LogP contribution is 2.34. The van der Waals surface area contributed by atoms with Gasteiger partial charge in [0, 0.05) is 11.4 Å². The van der Waals surface area contributed by atoms with Crippen LogP contribution in [0.1, 0.15) is 18.7 Å². The molecule has 0 aliphatic heterocycles. The number of ether oxygens (including phenoxy) is 2. The van der Waals surface area contributed by atoms with E-state index < -0.39 is 0 Å². The van der Waals surface area contributed by atoms with Gasteiger partial charge in [0.25, 0.3) is 0 Å². The van der Waals surface area contributed by atoms with Crippen LogP contribution in [0.2, 0.25) is 0 Å². The predicted molar refractivity (Wildman–Crippen MR) is 80.0 cm³/mol. The van der Waals surface area contributed by atoms with Crippen molar-refractivity contribution in [3.63, 3.8) is 0 Å². The molecule has 0 saturated carbocycles. The third-order valence-electron chi connectivity index (χ3n) is 2.73. The first-order valence-corrected chi connectivity index (χ1v) is 7.34. The molecule has 0 aliphatic rings. The molecule has 0 aliphatic carbocycles. The molecule has 0 unspecified atom stereocenters. The van der Waals surface area contributed by atoms with Crippen LogP contribution in [0, 0.1) is 0 Å². The number of nitrogens with two attached hydrogens (primary N) is 1. The highest BCUT2D eigenvalue weighted by atomic mass is 32.1. The number of hydrogen-bond donors (Lipinski definition) is 1. The van der Waals surface area contributed by atoms with Crippen molar-refractivity contribution in [2.24, 2.45) is 5.73 Å². The third kappa shape index (κ3) is 3.28. The second-order valence-electron chi connectivity index (χ2n) is 4.03. The minimum Gasteiger partial charge on any atom is -0.490 e. The summed E-state index contributed by atoms with van der Waals surface area (Å²) in [5.41, 5.74) is 7.95. The molecule has 0 amide bonds. The lowest BCUT2D eigenvalue weighted by Gasteiger charge is -2.12. The smallest absolute Gasteiger partial charge is 0.161 e. The van der Waals surface area contributed by atoms with Crippen molar-refractivity contribution < 1.29 is 9.47 Å². The molecule has 0 spiro atoms. The molecule has 1 aromatic heterocycles. The van der Waals surface area contributed by atoms with E-state index in [0.717, 1.165) is 17.1 Å². The first-order chi connectivity index (χ1) is 9.28. The molecule has 1 aromatic carbocycles. The van der Waals surface area contributed by atoms with E-state index in [0.29, 0.717) is 19.8 Å². The van der Waals surface area contributed by atoms with Gasteiger partial charge in [-0.3, -0.25) is 0 Å². The summed E-state index contributed by atoms with van der Waals surface area (Å²) in [6, 6.07) is 8.16. The van der Waals surface area contributed by atoms with Crippen molar-refractivity contribution in [3.05, 3.63) is 34.5 Å². The number of benzene rings is 1. The molecule has 19 heavy (non-hydrogen) atoms. The van der Waals surface area contributed by atoms with Crippen LogP contribution in [0.25, 0.3) is 11.1 Å². The molecule has 2 N–H and O–H groups in total. The zero-order valence-electron chi connectivity index (χ0n) is 11.3. The van der Waals surface area contributed by atoms with Gasteiger partial charge < -0.3 is 15.2 Å². The Labute approximate surface area is 118 Å². The van der Waals surface area contributed by atoms with Crippen LogP contribution in [0.4, 0.5) is 0 Å². The van der Waals surface area contributed by atoms with Crippen molar-refractivity contribution in [3.8, 4) is 22.6 Å². The third-order valence-corrected chi connectivity index (χ3v) is 3.69. The molecule has 1 heterocycles. The molecule has 0 bridgehead atoms. The SMILES string of the molecule is CCOc1ccc(-c2csc(CN)c2)cc1OCC. The fourth-order valence-electron chi connectivity index (χ4n) is 1.87. The second kappa shape index (κ2) is 6.59. The van der Waals surface area contributed by atoms with Crippen molar-refractivity contribution in [1.29, 1.82) is 0 Å². The van der Waals surface area contributed by atoms with E-state index >= 15 is 0 Å². The van der Waals surface area contributed by atoms with Gasteiger partial charge in [-0.1, -0.05) is 6.07 Å². The van der Waals surface area contributed by atoms with Crippen LogP contribution >= 0.6 is 11.3 Å². The van der Waals surface area contributed by atoms with Crippen LogP contribution in [0.15, 0.2) is 29.6 Å². The highest BCUT2D eigenvalue weighted by molar-refractivity contribution is 7.10. The number of hydrogen-bond acceptors (Lipinski definition) is 4. The maximum Gasteiger partial charge on any atom is 0.161 e. The molecular formula is C15H19NO2S. The number of thiophene rings is 1. The van der Waals surface area contributed by atoms with E-state index in [2.05, 4.69) is 17.5 Å². The quantitative estimate of drug-likeness (QED) is 0.876. The van der Waals surface area contributed by atoms with Crippen LogP contribution < -0.4 is 15.2 Å². The van der Waals surface area contributed by atoms with E-state index in [4.69, 9.17) is 15.2 Å². The number of rotatable bonds is 6. The lowest BCUT2D eigenvalue weighted by atomic mass is 10.1. The van der Waals surface area contributed by atoms with E-state index in [1.165, 1.54) is 10.4 Å². The zero-order valence-corrected chi connectivity index (χ0v) is 12.1. The van der Waals surface area contributed by atoms with Gasteiger partial charge in [0.05, 0.1) is 13.2 Å². The summed E-state index contributed by atoms with van der Waals surface area (Å²) in [5, 5.41) is 2.12. The van der Waals surface area contributed by atoms with Gasteiger partial charge in [-0.25, -0.2) is 0 Å². The summed E-state index contributed by atoms with van der Waals surface area (Å²) in [7, 11) is 0. The monoisotopic (exact) mass is 277 g/mol. The van der Waals surface area contributed by atoms with E-state index in [1.807, 2.05) is 26.0 Å². The Morgan fingerprint density at radius 3 is 2.37 bits per heavy atom. The molecule has 0 fully saturated rings. The molecular weight excluding hydrogens is 258 g/mol. The van der Waals surface area contributed by atoms with Gasteiger partial charge in [-0.15, -0.1) is 11.3 Å². The van der Waals surface area contributed by atoms with Gasteiger partial charge in [0.15, 0.2) is 11.5 Å². The standard InChI is InChI=1S/C15H19NO2S/c1-3-17-14-6-5-11(8-15(14)18-4-2)12-7-13(9-16)19-10-12/h5-8,10H,3-4,9,16H2,1-2H3. The van der Waals surface area contributed by atoms with Gasteiger partial charge in [-0.05, 0) is 48.6 Å². The van der Waals surface area contributed by atoms with Gasteiger partial charge in [0.2, 0.25) is 0 Å². The lowest BCUT2D eigenvalue weighted by Crippen LogP contribution is -1.98. The molecule has 3 nitrogen and oxygen atoms in total. The highest BCUT2D eigenvalue weighted by Gasteiger charge is 2.08. The van der Waals surface area contributed by atoms with Gasteiger partial charge in [-0.2, -0.15) is 0 Å². The minimum atomic E-state index is 0.583. The average Bonchev–Trinajstić information content (AvgIpc) is 2.90. The lowest BCUT2D eigenvalue weighted by molar-refractivity contribution is 0.288. The van der Waals surface area contributed by atoms with Crippen molar-refractivity contribution >= 4 is 11.3 Å². The van der Waals surface area contributed by atoms with E-state index in [9.17, 15) is 0 Å². The minimum absolute atomic E-state index is 0.583. The first kappa shape index (κ1) is 13.9. The summed E-state index contributed by atoms with van der Waals surface area (Å²) in [5.74, 6) is 1.59. The Bertz CT molecular complexity index is 537. The Balaban J connectivity index is 2.33. The van der Waals surface area contributed by atoms with Gasteiger partial charge in [0.1, 0.15) is 0 Å². The van der Waals surface area contributed by atoms with Crippen molar-refractivity contribution in [2.45, 2.75) is 20.4 Å². The molecule has 4 heteroatoms. The zero-order chi connectivity index (χ0) is 13.7. The maximum atomic E-state index is 5.65. The normalized spacial score (nSPS) is 10.5. The first-order valence-electron chi connectivity index (χ1n) is 6.46. The summed E-state index contributed by atoms with van der Waals surface area (Å²) in [4.78, 5) is 1.18. The maximum absolute atomic E-state index is 5.65. The molecule has 2 rings (SSSR count). The Hall–Kier alpha value is -1.52. The average molecular weight is 277 g/mol.